The van der Waals surface area contributed by atoms with Gasteiger partial charge in [0.15, 0.2) is 0 Å². The van der Waals surface area contributed by atoms with Gasteiger partial charge in [0.2, 0.25) is 17.7 Å². The number of nitrogens with zero attached hydrogens (tertiary/aromatic N) is 6. The molecule has 1 aromatic carbocycles. The van der Waals surface area contributed by atoms with Gasteiger partial charge in [0.1, 0.15) is 5.76 Å². The number of carbonyl (C=O) groups is 2. The average molecular weight is 687 g/mol. The van der Waals surface area contributed by atoms with Crippen LogP contribution >= 0.6 is 23.2 Å². The van der Waals surface area contributed by atoms with Crippen molar-refractivity contribution in [2.45, 2.75) is 46.6 Å². The van der Waals surface area contributed by atoms with Crippen molar-refractivity contribution in [2.24, 2.45) is 21.8 Å². The molecule has 0 spiro atoms. The Morgan fingerprint density at radius 3 is 2.36 bits per heavy atom. The molecule has 1 amide bonds. The Bertz CT molecular complexity index is 1450. The van der Waals surface area contributed by atoms with E-state index >= 15 is 0 Å². The van der Waals surface area contributed by atoms with Crippen LogP contribution in [0.4, 0.5) is 0 Å². The summed E-state index contributed by atoms with van der Waals surface area (Å²) in [5.74, 6) is 0.835. The van der Waals surface area contributed by atoms with Crippen LogP contribution in [-0.4, -0.2) is 102 Å². The van der Waals surface area contributed by atoms with Crippen LogP contribution in [0, 0.1) is 11.8 Å². The van der Waals surface area contributed by atoms with Gasteiger partial charge in [-0.05, 0) is 88.3 Å². The fourth-order valence-electron chi connectivity index (χ4n) is 5.68. The number of benzene rings is 1. The summed E-state index contributed by atoms with van der Waals surface area (Å²) in [4.78, 5) is 42.7. The van der Waals surface area contributed by atoms with Crippen LogP contribution in [-0.2, 0) is 16.1 Å². The van der Waals surface area contributed by atoms with Crippen LogP contribution in [0.2, 0.25) is 10.0 Å². The van der Waals surface area contributed by atoms with Gasteiger partial charge in [-0.15, -0.1) is 0 Å². The first kappa shape index (κ1) is 36.3. The molecule has 1 aromatic heterocycles. The molecule has 1 unspecified atom stereocenters. The smallest absolute Gasteiger partial charge is 0.306 e. The van der Waals surface area contributed by atoms with E-state index < -0.39 is 5.97 Å². The SMILES string of the molecule is C=NC(=N/C=C(\C)Oc1cc(CN2CCC(CNC(C)=O)CC2)cc(-c2cc(Cl)cc(Cl)c2)n1)N1CCN(CCC(C)C(=O)O)CC1. The van der Waals surface area contributed by atoms with Crippen molar-refractivity contribution in [2.75, 3.05) is 52.4 Å². The average Bonchev–Trinajstić information content (AvgIpc) is 3.03. The molecule has 254 valence electrons. The number of aliphatic imine (C=N–C) groups is 2. The number of carboxylic acid groups (broad SMARTS) is 1. The second-order valence-corrected chi connectivity index (χ2v) is 13.2. The zero-order chi connectivity index (χ0) is 33.9. The first-order valence-electron chi connectivity index (χ1n) is 16.0. The van der Waals surface area contributed by atoms with E-state index in [0.717, 1.165) is 69.8 Å². The van der Waals surface area contributed by atoms with Gasteiger partial charge in [0, 0.05) is 67.9 Å². The molecule has 3 heterocycles. The number of rotatable bonds is 12. The molecule has 1 atom stereocenters. The molecule has 47 heavy (non-hydrogen) atoms. The predicted molar refractivity (Wildman–Crippen MR) is 187 cm³/mol. The first-order chi connectivity index (χ1) is 22.5. The van der Waals surface area contributed by atoms with Crippen LogP contribution in [0.3, 0.4) is 0 Å². The molecule has 2 saturated heterocycles. The highest BCUT2D eigenvalue weighted by atomic mass is 35.5. The molecule has 0 saturated carbocycles. The predicted octanol–water partition coefficient (Wildman–Crippen LogP) is 5.43. The second kappa shape index (κ2) is 17.6. The van der Waals surface area contributed by atoms with E-state index in [1.54, 1.807) is 26.1 Å². The zero-order valence-electron chi connectivity index (χ0n) is 27.4. The summed E-state index contributed by atoms with van der Waals surface area (Å²) in [5, 5.41) is 13.1. The van der Waals surface area contributed by atoms with E-state index in [4.69, 9.17) is 38.0 Å². The number of pyridine rings is 1. The molecular formula is C34H45Cl2N7O4. The fraction of sp³-hybridized carbons (Fsp3) is 0.500. The molecule has 11 nitrogen and oxygen atoms in total. The second-order valence-electron chi connectivity index (χ2n) is 12.3. The van der Waals surface area contributed by atoms with Gasteiger partial charge in [0.25, 0.3) is 0 Å². The maximum atomic E-state index is 11.3. The number of carboxylic acids is 1. The van der Waals surface area contributed by atoms with E-state index in [0.29, 0.717) is 58.8 Å². The van der Waals surface area contributed by atoms with Gasteiger partial charge in [-0.1, -0.05) is 30.1 Å². The Morgan fingerprint density at radius 2 is 1.74 bits per heavy atom. The maximum Gasteiger partial charge on any atom is 0.306 e. The van der Waals surface area contributed by atoms with Crippen molar-refractivity contribution in [3.63, 3.8) is 0 Å². The lowest BCUT2D eigenvalue weighted by atomic mass is 9.96. The lowest BCUT2D eigenvalue weighted by molar-refractivity contribution is -0.141. The minimum Gasteiger partial charge on any atom is -0.481 e. The quantitative estimate of drug-likeness (QED) is 0.172. The fourth-order valence-corrected chi connectivity index (χ4v) is 6.21. The topological polar surface area (TPSA) is 123 Å². The van der Waals surface area contributed by atoms with Crippen molar-refractivity contribution < 1.29 is 19.4 Å². The van der Waals surface area contributed by atoms with Crippen molar-refractivity contribution in [3.8, 4) is 17.1 Å². The summed E-state index contributed by atoms with van der Waals surface area (Å²) in [6.07, 6.45) is 4.28. The molecule has 2 aliphatic rings. The largest absolute Gasteiger partial charge is 0.481 e. The van der Waals surface area contributed by atoms with Crippen LogP contribution in [0.5, 0.6) is 5.88 Å². The Labute approximate surface area is 287 Å². The van der Waals surface area contributed by atoms with E-state index in [1.165, 1.54) is 0 Å². The zero-order valence-corrected chi connectivity index (χ0v) is 28.9. The van der Waals surface area contributed by atoms with Crippen molar-refractivity contribution in [3.05, 3.63) is 57.9 Å². The number of halogens is 2. The van der Waals surface area contributed by atoms with Crippen LogP contribution in [0.1, 0.15) is 45.6 Å². The molecule has 4 rings (SSSR count). The number of piperidine rings is 1. The van der Waals surface area contributed by atoms with Gasteiger partial charge in [-0.2, -0.15) is 0 Å². The monoisotopic (exact) mass is 685 g/mol. The van der Waals surface area contributed by atoms with Crippen molar-refractivity contribution in [1.82, 2.24) is 25.0 Å². The molecule has 2 N–H and O–H groups in total. The summed E-state index contributed by atoms with van der Waals surface area (Å²) >= 11 is 12.7. The number of piperazine rings is 1. The molecular weight excluding hydrogens is 641 g/mol. The first-order valence-corrected chi connectivity index (χ1v) is 16.8. The molecule has 0 radical (unpaired) electrons. The number of likely N-dealkylation sites (tertiary alicyclic amines) is 1. The Kier molecular flexibility index (Phi) is 13.6. The van der Waals surface area contributed by atoms with Gasteiger partial charge < -0.3 is 20.1 Å². The summed E-state index contributed by atoms with van der Waals surface area (Å²) in [6.45, 7) is 15.9. The number of allylic oxidation sites excluding steroid dienone is 1. The number of aliphatic carboxylic acids is 1. The van der Waals surface area contributed by atoms with Crippen molar-refractivity contribution in [1.29, 1.82) is 0 Å². The Hall–Kier alpha value is -3.51. The van der Waals surface area contributed by atoms with Gasteiger partial charge >= 0.3 is 5.97 Å². The highest BCUT2D eigenvalue weighted by Crippen LogP contribution is 2.30. The Morgan fingerprint density at radius 1 is 1.06 bits per heavy atom. The van der Waals surface area contributed by atoms with Crippen LogP contribution < -0.4 is 10.1 Å². The van der Waals surface area contributed by atoms with E-state index in [2.05, 4.69) is 36.7 Å². The molecule has 0 aliphatic carbocycles. The number of hydrogen-bond donors (Lipinski definition) is 2. The standard InChI is InChI=1S/C34H45Cl2N7O4/c1-23(33(45)46)5-8-41-11-13-43(14-12-41)34(37-4)39-20-24(2)47-32-16-27(15-31(40-32)28-17-29(35)19-30(36)18-28)22-42-9-6-26(7-10-42)21-38-25(3)44/h15-20,23,26H,4-14,21-22H2,1-3H3,(H,38,44)(H,45,46)/b24-20+,39-34?. The number of amides is 1. The minimum atomic E-state index is -0.762. The Balaban J connectivity index is 1.44. The van der Waals surface area contributed by atoms with E-state index in [9.17, 15) is 9.59 Å². The van der Waals surface area contributed by atoms with E-state index in [-0.39, 0.29) is 11.8 Å². The third-order valence-electron chi connectivity index (χ3n) is 8.50. The molecule has 2 aromatic rings. The third kappa shape index (κ3) is 11.6. The maximum absolute atomic E-state index is 11.3. The number of aromatic nitrogens is 1. The third-order valence-corrected chi connectivity index (χ3v) is 8.93. The minimum absolute atomic E-state index is 0.0108. The van der Waals surface area contributed by atoms with Crippen LogP contribution in [0.15, 0.2) is 52.3 Å². The molecule has 13 heteroatoms. The number of carbonyl (C=O) groups excluding carboxylic acids is 1. The summed E-state index contributed by atoms with van der Waals surface area (Å²) in [5.41, 5.74) is 2.53. The summed E-state index contributed by atoms with van der Waals surface area (Å²) in [6, 6.07) is 9.33. The number of nitrogens with one attached hydrogen (secondary N) is 1. The highest BCUT2D eigenvalue weighted by molar-refractivity contribution is 6.35. The lowest BCUT2D eigenvalue weighted by Gasteiger charge is -2.35. The number of hydrogen-bond acceptors (Lipinski definition) is 7. The highest BCUT2D eigenvalue weighted by Gasteiger charge is 2.22. The van der Waals surface area contributed by atoms with Gasteiger partial charge in [-0.25, -0.2) is 15.0 Å². The van der Waals surface area contributed by atoms with Gasteiger partial charge in [0.05, 0.1) is 17.8 Å². The number of ether oxygens (including phenoxy) is 1. The van der Waals surface area contributed by atoms with E-state index in [1.807, 2.05) is 31.2 Å². The normalized spacial score (nSPS) is 17.8. The summed E-state index contributed by atoms with van der Waals surface area (Å²) in [7, 11) is 0. The lowest BCUT2D eigenvalue weighted by Crippen LogP contribution is -2.48. The molecule has 2 aliphatic heterocycles. The molecule has 2 fully saturated rings. The molecule has 0 bridgehead atoms. The van der Waals surface area contributed by atoms with Gasteiger partial charge in [-0.3, -0.25) is 19.4 Å². The van der Waals surface area contributed by atoms with Crippen molar-refractivity contribution >= 4 is 47.8 Å². The number of guanidine groups is 1. The van der Waals surface area contributed by atoms with Crippen LogP contribution in [0.25, 0.3) is 11.3 Å². The summed E-state index contributed by atoms with van der Waals surface area (Å²) < 4.78 is 6.19.